The van der Waals surface area contributed by atoms with Crippen molar-refractivity contribution in [1.82, 2.24) is 10.3 Å². The first-order valence-corrected chi connectivity index (χ1v) is 5.82. The average Bonchev–Trinajstić information content (AvgIpc) is 2.28. The highest BCUT2D eigenvalue weighted by atomic mass is 32.2. The van der Waals surface area contributed by atoms with Gasteiger partial charge >= 0.3 is 0 Å². The Morgan fingerprint density at radius 2 is 2.27 bits per heavy atom. The van der Waals surface area contributed by atoms with Gasteiger partial charge in [-0.2, -0.15) is 0 Å². The van der Waals surface area contributed by atoms with Crippen molar-refractivity contribution in [2.24, 2.45) is 0 Å². The summed E-state index contributed by atoms with van der Waals surface area (Å²) in [7, 11) is 0. The minimum absolute atomic E-state index is 0.0543. The number of hydrogen-bond donors (Lipinski definition) is 1. The van der Waals surface area contributed by atoms with Gasteiger partial charge in [0.1, 0.15) is 0 Å². The predicted octanol–water partition coefficient (Wildman–Crippen LogP) is 1.62. The lowest BCUT2D eigenvalue weighted by atomic mass is 10.3. The number of pyridine rings is 1. The highest BCUT2D eigenvalue weighted by Gasteiger charge is 1.99. The van der Waals surface area contributed by atoms with Gasteiger partial charge in [-0.25, -0.2) is 0 Å². The van der Waals surface area contributed by atoms with Gasteiger partial charge < -0.3 is 5.32 Å². The second-order valence-corrected chi connectivity index (χ2v) is 3.97. The van der Waals surface area contributed by atoms with Crippen molar-refractivity contribution < 1.29 is 4.79 Å². The SMILES string of the molecule is C=CCSCC(=O)NCc1ccncc1. The Kier molecular flexibility index (Phi) is 5.55. The lowest BCUT2D eigenvalue weighted by Gasteiger charge is -2.03. The van der Waals surface area contributed by atoms with Gasteiger partial charge in [0.15, 0.2) is 0 Å². The molecule has 1 aromatic rings. The smallest absolute Gasteiger partial charge is 0.230 e. The van der Waals surface area contributed by atoms with Gasteiger partial charge in [-0.1, -0.05) is 6.08 Å². The van der Waals surface area contributed by atoms with E-state index in [1.54, 1.807) is 30.2 Å². The zero-order valence-electron chi connectivity index (χ0n) is 8.48. The van der Waals surface area contributed by atoms with Crippen LogP contribution in [0.4, 0.5) is 0 Å². The lowest BCUT2D eigenvalue weighted by molar-refractivity contribution is -0.118. The van der Waals surface area contributed by atoms with E-state index in [-0.39, 0.29) is 5.91 Å². The topological polar surface area (TPSA) is 42.0 Å². The molecule has 3 nitrogen and oxygen atoms in total. The summed E-state index contributed by atoms with van der Waals surface area (Å²) in [6, 6.07) is 3.77. The largest absolute Gasteiger partial charge is 0.351 e. The summed E-state index contributed by atoms with van der Waals surface area (Å²) >= 11 is 1.55. The molecule has 15 heavy (non-hydrogen) atoms. The van der Waals surface area contributed by atoms with Crippen LogP contribution in [0.1, 0.15) is 5.56 Å². The van der Waals surface area contributed by atoms with Crippen LogP contribution in [-0.2, 0) is 11.3 Å². The number of thioether (sulfide) groups is 1. The number of hydrogen-bond acceptors (Lipinski definition) is 3. The summed E-state index contributed by atoms with van der Waals surface area (Å²) in [5, 5.41) is 2.84. The number of aromatic nitrogens is 1. The standard InChI is InChI=1S/C11H14N2OS/c1-2-7-15-9-11(14)13-8-10-3-5-12-6-4-10/h2-6H,1,7-9H2,(H,13,14). The van der Waals surface area contributed by atoms with Crippen LogP contribution in [0.2, 0.25) is 0 Å². The maximum Gasteiger partial charge on any atom is 0.230 e. The van der Waals surface area contributed by atoms with E-state index in [9.17, 15) is 4.79 Å². The van der Waals surface area contributed by atoms with Crippen molar-refractivity contribution in [1.29, 1.82) is 0 Å². The number of amides is 1. The number of nitrogens with zero attached hydrogens (tertiary/aromatic N) is 1. The van der Waals surface area contributed by atoms with Crippen LogP contribution in [0.25, 0.3) is 0 Å². The first-order valence-electron chi connectivity index (χ1n) is 4.67. The molecule has 4 heteroatoms. The molecule has 0 fully saturated rings. The van der Waals surface area contributed by atoms with Crippen molar-refractivity contribution in [2.45, 2.75) is 6.54 Å². The Labute approximate surface area is 94.0 Å². The highest BCUT2D eigenvalue weighted by Crippen LogP contribution is 1.99. The molecule has 0 aromatic carbocycles. The maximum absolute atomic E-state index is 11.3. The predicted molar refractivity (Wildman–Crippen MR) is 63.6 cm³/mol. The molecule has 0 unspecified atom stereocenters. The van der Waals surface area contributed by atoms with Crippen LogP contribution in [0.15, 0.2) is 37.2 Å². The third-order valence-corrected chi connectivity index (χ3v) is 2.65. The number of nitrogens with one attached hydrogen (secondary N) is 1. The van der Waals surface area contributed by atoms with E-state index >= 15 is 0 Å². The van der Waals surface area contributed by atoms with Crippen LogP contribution >= 0.6 is 11.8 Å². The zero-order chi connectivity index (χ0) is 10.9. The second-order valence-electron chi connectivity index (χ2n) is 2.94. The molecule has 0 aliphatic carbocycles. The van der Waals surface area contributed by atoms with Gasteiger partial charge in [0.2, 0.25) is 5.91 Å². The molecule has 0 aliphatic rings. The van der Waals surface area contributed by atoms with Crippen molar-refractivity contribution in [3.8, 4) is 0 Å². The minimum Gasteiger partial charge on any atom is -0.351 e. The fourth-order valence-corrected chi connectivity index (χ4v) is 1.56. The van der Waals surface area contributed by atoms with Gasteiger partial charge in [0.05, 0.1) is 5.75 Å². The van der Waals surface area contributed by atoms with Crippen LogP contribution in [0, 0.1) is 0 Å². The van der Waals surface area contributed by atoms with E-state index in [4.69, 9.17) is 0 Å². The minimum atomic E-state index is 0.0543. The van der Waals surface area contributed by atoms with Crippen LogP contribution in [-0.4, -0.2) is 22.4 Å². The molecule has 0 radical (unpaired) electrons. The lowest BCUT2D eigenvalue weighted by Crippen LogP contribution is -2.24. The monoisotopic (exact) mass is 222 g/mol. The van der Waals surface area contributed by atoms with Crippen molar-refractivity contribution in [3.05, 3.63) is 42.7 Å². The molecule has 0 spiro atoms. The van der Waals surface area contributed by atoms with Crippen LogP contribution in [0.3, 0.4) is 0 Å². The first-order chi connectivity index (χ1) is 7.33. The molecule has 0 atom stereocenters. The van der Waals surface area contributed by atoms with E-state index in [1.807, 2.05) is 12.1 Å². The summed E-state index contributed by atoms with van der Waals surface area (Å²) in [4.78, 5) is 15.2. The van der Waals surface area contributed by atoms with Gasteiger partial charge in [0, 0.05) is 24.7 Å². The summed E-state index contributed by atoms with van der Waals surface area (Å²) in [5.41, 5.74) is 1.06. The first kappa shape index (κ1) is 11.8. The highest BCUT2D eigenvalue weighted by molar-refractivity contribution is 8.00. The van der Waals surface area contributed by atoms with E-state index < -0.39 is 0 Å². The molecule has 0 bridgehead atoms. The molecule has 1 rings (SSSR count). The zero-order valence-corrected chi connectivity index (χ0v) is 9.30. The summed E-state index contributed by atoms with van der Waals surface area (Å²) in [5.74, 6) is 1.35. The Morgan fingerprint density at radius 3 is 2.93 bits per heavy atom. The van der Waals surface area contributed by atoms with E-state index in [1.165, 1.54) is 0 Å². The van der Waals surface area contributed by atoms with E-state index in [0.29, 0.717) is 12.3 Å². The Bertz CT molecular complexity index is 314. The Balaban J connectivity index is 2.20. The van der Waals surface area contributed by atoms with E-state index in [2.05, 4.69) is 16.9 Å². The molecule has 1 amide bonds. The maximum atomic E-state index is 11.3. The second kappa shape index (κ2) is 7.06. The number of rotatable bonds is 6. The summed E-state index contributed by atoms with van der Waals surface area (Å²) in [6.45, 7) is 4.16. The molecule has 1 aromatic heterocycles. The Morgan fingerprint density at radius 1 is 1.53 bits per heavy atom. The molecule has 1 N–H and O–H groups in total. The van der Waals surface area contributed by atoms with Gasteiger partial charge in [-0.05, 0) is 17.7 Å². The third-order valence-electron chi connectivity index (χ3n) is 1.71. The fourth-order valence-electron chi connectivity index (χ4n) is 0.987. The Hall–Kier alpha value is -1.29. The molecular formula is C11H14N2OS. The fraction of sp³-hybridized carbons (Fsp3) is 0.273. The van der Waals surface area contributed by atoms with Crippen molar-refractivity contribution in [2.75, 3.05) is 11.5 Å². The molecule has 80 valence electrons. The molecule has 0 saturated carbocycles. The number of carbonyl (C=O) groups excluding carboxylic acids is 1. The quantitative estimate of drug-likeness (QED) is 0.587. The van der Waals surface area contributed by atoms with Gasteiger partial charge in [-0.3, -0.25) is 9.78 Å². The van der Waals surface area contributed by atoms with Gasteiger partial charge in [0.25, 0.3) is 0 Å². The van der Waals surface area contributed by atoms with E-state index in [0.717, 1.165) is 11.3 Å². The van der Waals surface area contributed by atoms with Gasteiger partial charge in [-0.15, -0.1) is 18.3 Å². The number of carbonyl (C=O) groups is 1. The van der Waals surface area contributed by atoms with Crippen molar-refractivity contribution in [3.63, 3.8) is 0 Å². The van der Waals surface area contributed by atoms with Crippen LogP contribution in [0.5, 0.6) is 0 Å². The summed E-state index contributed by atoms with van der Waals surface area (Å²) in [6.07, 6.45) is 5.22. The van der Waals surface area contributed by atoms with Crippen LogP contribution < -0.4 is 5.32 Å². The third kappa shape index (κ3) is 5.22. The molecule has 1 heterocycles. The average molecular weight is 222 g/mol. The van der Waals surface area contributed by atoms with Crippen molar-refractivity contribution >= 4 is 17.7 Å². The summed E-state index contributed by atoms with van der Waals surface area (Å²) < 4.78 is 0. The normalized spacial score (nSPS) is 9.60. The molecule has 0 aliphatic heterocycles. The molecular weight excluding hydrogens is 208 g/mol. The molecule has 0 saturated heterocycles.